The Bertz CT molecular complexity index is 1220. The molecule has 3 aromatic carbocycles. The smallest absolute Gasteiger partial charge is 0.278 e. The number of benzene rings is 3. The molecule has 0 fully saturated rings. The highest BCUT2D eigenvalue weighted by atomic mass is 19.1. The van der Waals surface area contributed by atoms with Crippen LogP contribution < -0.4 is 14.8 Å². The van der Waals surface area contributed by atoms with Gasteiger partial charge in [-0.25, -0.2) is 4.39 Å². The van der Waals surface area contributed by atoms with Crippen molar-refractivity contribution < 1.29 is 23.5 Å². The van der Waals surface area contributed by atoms with E-state index in [4.69, 9.17) is 9.47 Å². The molecule has 0 aromatic heterocycles. The van der Waals surface area contributed by atoms with Crippen molar-refractivity contribution in [3.8, 4) is 11.5 Å². The number of anilines is 1. The van der Waals surface area contributed by atoms with Crippen molar-refractivity contribution in [3.63, 3.8) is 0 Å². The lowest BCUT2D eigenvalue weighted by Crippen LogP contribution is -2.34. The highest BCUT2D eigenvalue weighted by Gasteiger charge is 2.39. The van der Waals surface area contributed by atoms with Crippen LogP contribution in [0.4, 0.5) is 10.1 Å². The zero-order valence-corrected chi connectivity index (χ0v) is 17.0. The number of hydrogen-bond donors (Lipinski definition) is 1. The fourth-order valence-corrected chi connectivity index (χ4v) is 3.78. The number of hydrogen-bond acceptors (Lipinski definition) is 5. The van der Waals surface area contributed by atoms with Gasteiger partial charge in [-0.15, -0.1) is 0 Å². The number of halogens is 1. The highest BCUT2D eigenvalue weighted by molar-refractivity contribution is 6.36. The third-order valence-electron chi connectivity index (χ3n) is 5.41. The van der Waals surface area contributed by atoms with E-state index in [0.29, 0.717) is 29.2 Å². The topological polar surface area (TPSA) is 67.9 Å². The second kappa shape index (κ2) is 8.19. The molecular weight excluding hydrogens is 411 g/mol. The largest absolute Gasteiger partial charge is 0.454 e. The maximum atomic E-state index is 13.5. The summed E-state index contributed by atoms with van der Waals surface area (Å²) in [6, 6.07) is 20.4. The summed E-state index contributed by atoms with van der Waals surface area (Å²) in [7, 11) is 0. The molecule has 0 radical (unpaired) electrons. The highest BCUT2D eigenvalue weighted by Crippen LogP contribution is 2.36. The van der Waals surface area contributed by atoms with Gasteiger partial charge < -0.3 is 14.8 Å². The molecular formula is C25H19FN2O4. The number of rotatable bonds is 6. The molecule has 0 saturated heterocycles. The Hall–Kier alpha value is -4.13. The van der Waals surface area contributed by atoms with Crippen molar-refractivity contribution >= 4 is 23.1 Å². The lowest BCUT2D eigenvalue weighted by Gasteiger charge is -2.15. The first kappa shape index (κ1) is 19.8. The maximum absolute atomic E-state index is 13.5. The molecule has 6 nitrogen and oxygen atoms in total. The Morgan fingerprint density at radius 1 is 0.875 bits per heavy atom. The van der Waals surface area contributed by atoms with Crippen molar-refractivity contribution in [2.45, 2.75) is 6.42 Å². The number of nitrogens with zero attached hydrogens (tertiary/aromatic N) is 1. The van der Waals surface area contributed by atoms with Crippen molar-refractivity contribution in [1.29, 1.82) is 0 Å². The van der Waals surface area contributed by atoms with Crippen molar-refractivity contribution in [2.24, 2.45) is 0 Å². The van der Waals surface area contributed by atoms with Crippen molar-refractivity contribution in [2.75, 3.05) is 18.7 Å². The summed E-state index contributed by atoms with van der Waals surface area (Å²) < 4.78 is 24.2. The van der Waals surface area contributed by atoms with Crippen LogP contribution in [-0.4, -0.2) is 30.1 Å². The summed E-state index contributed by atoms with van der Waals surface area (Å²) in [5.41, 5.74) is 2.42. The van der Waals surface area contributed by atoms with Gasteiger partial charge in [-0.3, -0.25) is 14.5 Å². The first-order chi connectivity index (χ1) is 15.6. The van der Waals surface area contributed by atoms with Crippen LogP contribution in [0.1, 0.15) is 11.1 Å². The van der Waals surface area contributed by atoms with Gasteiger partial charge in [0.05, 0.1) is 5.57 Å². The van der Waals surface area contributed by atoms with E-state index in [-0.39, 0.29) is 24.6 Å². The van der Waals surface area contributed by atoms with Gasteiger partial charge in [-0.1, -0.05) is 42.5 Å². The van der Waals surface area contributed by atoms with E-state index in [1.54, 1.807) is 18.2 Å². The number of nitrogens with one attached hydrogen (secondary N) is 1. The Morgan fingerprint density at radius 3 is 2.41 bits per heavy atom. The van der Waals surface area contributed by atoms with E-state index < -0.39 is 17.6 Å². The Labute approximate surface area is 183 Å². The molecule has 1 N–H and O–H groups in total. The average molecular weight is 430 g/mol. The van der Waals surface area contributed by atoms with Crippen LogP contribution in [0.3, 0.4) is 0 Å². The number of ether oxygens (including phenoxy) is 2. The summed E-state index contributed by atoms with van der Waals surface area (Å²) >= 11 is 0. The number of carbonyl (C=O) groups excluding carboxylic acids is 2. The van der Waals surface area contributed by atoms with Gasteiger partial charge in [-0.2, -0.15) is 0 Å². The van der Waals surface area contributed by atoms with Crippen LogP contribution >= 0.6 is 0 Å². The molecule has 2 aliphatic heterocycles. The third-order valence-corrected chi connectivity index (χ3v) is 5.41. The van der Waals surface area contributed by atoms with Gasteiger partial charge in [0, 0.05) is 18.3 Å². The van der Waals surface area contributed by atoms with Gasteiger partial charge in [0.2, 0.25) is 6.79 Å². The van der Waals surface area contributed by atoms with E-state index in [1.165, 1.54) is 29.2 Å². The first-order valence-electron chi connectivity index (χ1n) is 10.2. The third kappa shape index (κ3) is 3.69. The number of amides is 2. The molecule has 7 heteroatoms. The van der Waals surface area contributed by atoms with Gasteiger partial charge in [-0.05, 0) is 41.8 Å². The minimum atomic E-state index is -0.428. The van der Waals surface area contributed by atoms with E-state index in [9.17, 15) is 14.0 Å². The predicted octanol–water partition coefficient (Wildman–Crippen LogP) is 3.99. The molecule has 3 aromatic rings. The summed E-state index contributed by atoms with van der Waals surface area (Å²) in [4.78, 5) is 27.8. The van der Waals surface area contributed by atoms with Crippen LogP contribution in [0.5, 0.6) is 11.5 Å². The van der Waals surface area contributed by atoms with E-state index >= 15 is 0 Å². The number of carbonyl (C=O) groups is 2. The fraction of sp³-hybridized carbons (Fsp3) is 0.120. The average Bonchev–Trinajstić information content (AvgIpc) is 3.36. The maximum Gasteiger partial charge on any atom is 0.278 e. The first-order valence-corrected chi connectivity index (χ1v) is 10.2. The second-order valence-electron chi connectivity index (χ2n) is 7.45. The predicted molar refractivity (Wildman–Crippen MR) is 116 cm³/mol. The molecule has 0 aliphatic carbocycles. The van der Waals surface area contributed by atoms with Crippen LogP contribution in [0.2, 0.25) is 0 Å². The molecule has 160 valence electrons. The Balaban J connectivity index is 1.47. The van der Waals surface area contributed by atoms with Gasteiger partial charge in [0.15, 0.2) is 11.5 Å². The number of fused-ring (bicyclic) bond motifs is 1. The Kier molecular flexibility index (Phi) is 5.07. The molecule has 0 bridgehead atoms. The quantitative estimate of drug-likeness (QED) is 0.599. The Morgan fingerprint density at radius 2 is 1.62 bits per heavy atom. The zero-order chi connectivity index (χ0) is 22.1. The van der Waals surface area contributed by atoms with Gasteiger partial charge in [0.1, 0.15) is 11.5 Å². The molecule has 0 saturated carbocycles. The van der Waals surface area contributed by atoms with Crippen LogP contribution in [0, 0.1) is 5.82 Å². The summed E-state index contributed by atoms with van der Waals surface area (Å²) in [5.74, 6) is -0.0979. The van der Waals surface area contributed by atoms with Crippen molar-refractivity contribution in [3.05, 3.63) is 95.4 Å². The summed E-state index contributed by atoms with van der Waals surface area (Å²) in [6.07, 6.45) is 0.534. The van der Waals surface area contributed by atoms with E-state index in [2.05, 4.69) is 5.32 Å². The van der Waals surface area contributed by atoms with E-state index in [0.717, 1.165) is 5.56 Å². The minimum Gasteiger partial charge on any atom is -0.454 e. The van der Waals surface area contributed by atoms with E-state index in [1.807, 2.05) is 30.3 Å². The molecule has 2 aliphatic rings. The summed E-state index contributed by atoms with van der Waals surface area (Å²) in [6.45, 7) is 0.367. The zero-order valence-electron chi connectivity index (χ0n) is 17.0. The molecule has 0 unspecified atom stereocenters. The standard InChI is InChI=1S/C25H19FN2O4/c26-18-8-6-17(7-9-18)22-23(27-19-10-11-20-21(14-19)32-15-31-20)25(30)28(24(22)29)13-12-16-4-2-1-3-5-16/h1-11,14,27H,12-13,15H2. The summed E-state index contributed by atoms with van der Waals surface area (Å²) in [5, 5.41) is 3.08. The minimum absolute atomic E-state index is 0.132. The lowest BCUT2D eigenvalue weighted by atomic mass is 10.0. The molecule has 0 spiro atoms. The SMILES string of the molecule is O=C1C(Nc2ccc3c(c2)OCO3)=C(c2ccc(F)cc2)C(=O)N1CCc1ccccc1. The normalized spacial score (nSPS) is 15.0. The number of imide groups is 1. The molecule has 2 heterocycles. The van der Waals surface area contributed by atoms with Crippen LogP contribution in [-0.2, 0) is 16.0 Å². The second-order valence-corrected chi connectivity index (χ2v) is 7.45. The molecule has 0 atom stereocenters. The van der Waals surface area contributed by atoms with Gasteiger partial charge >= 0.3 is 0 Å². The molecule has 5 rings (SSSR count). The van der Waals surface area contributed by atoms with Crippen LogP contribution in [0.25, 0.3) is 5.57 Å². The molecule has 2 amide bonds. The lowest BCUT2D eigenvalue weighted by molar-refractivity contribution is -0.136. The fourth-order valence-electron chi connectivity index (χ4n) is 3.78. The van der Waals surface area contributed by atoms with Crippen molar-refractivity contribution in [1.82, 2.24) is 4.90 Å². The van der Waals surface area contributed by atoms with Crippen LogP contribution in [0.15, 0.2) is 78.5 Å². The van der Waals surface area contributed by atoms with Gasteiger partial charge in [0.25, 0.3) is 11.8 Å². The molecule has 32 heavy (non-hydrogen) atoms. The monoisotopic (exact) mass is 430 g/mol.